The van der Waals surface area contributed by atoms with E-state index in [0.717, 1.165) is 5.57 Å². The Hall–Kier alpha value is -2.89. The molecule has 0 saturated heterocycles. The van der Waals surface area contributed by atoms with Crippen LogP contribution in [-0.2, 0) is 0 Å². The number of aliphatic hydroxyl groups is 1. The van der Waals surface area contributed by atoms with E-state index in [9.17, 15) is 9.90 Å². The molecule has 0 spiro atoms. The van der Waals surface area contributed by atoms with Crippen molar-refractivity contribution in [2.24, 2.45) is 0 Å². The summed E-state index contributed by atoms with van der Waals surface area (Å²) in [6, 6.07) is 5.41. The van der Waals surface area contributed by atoms with E-state index in [1.54, 1.807) is 6.07 Å². The SMILES string of the molecule is C/C=C(\C(O)=C(C)C)c1cccc(-n2ncc(C(C)=O)c2OCC)n1. The number of hydrogen-bond acceptors (Lipinski definition) is 5. The number of carbonyl (C=O) groups excluding carboxylic acids is 1. The molecule has 0 unspecified atom stereocenters. The highest BCUT2D eigenvalue weighted by Crippen LogP contribution is 2.26. The number of ketones is 1. The van der Waals surface area contributed by atoms with E-state index in [-0.39, 0.29) is 11.5 Å². The Morgan fingerprint density at radius 2 is 2.04 bits per heavy atom. The zero-order chi connectivity index (χ0) is 18.6. The number of ether oxygens (including phenoxy) is 1. The van der Waals surface area contributed by atoms with Gasteiger partial charge in [0.1, 0.15) is 5.76 Å². The number of pyridine rings is 1. The van der Waals surface area contributed by atoms with Crippen LogP contribution in [0, 0.1) is 0 Å². The molecule has 0 aromatic carbocycles. The summed E-state index contributed by atoms with van der Waals surface area (Å²) in [5.74, 6) is 0.951. The topological polar surface area (TPSA) is 77.2 Å². The van der Waals surface area contributed by atoms with E-state index in [1.165, 1.54) is 17.8 Å². The maximum atomic E-state index is 11.8. The number of hydrogen-bond donors (Lipinski definition) is 1. The van der Waals surface area contributed by atoms with Crippen molar-refractivity contribution in [2.45, 2.75) is 34.6 Å². The number of Topliss-reactive ketones (excluding diaryl/α,β-unsaturated/α-hetero) is 1. The minimum absolute atomic E-state index is 0.123. The fourth-order valence-corrected chi connectivity index (χ4v) is 2.38. The van der Waals surface area contributed by atoms with Gasteiger partial charge in [0, 0.05) is 5.57 Å². The van der Waals surface area contributed by atoms with Gasteiger partial charge in [0.15, 0.2) is 11.6 Å². The Balaban J connectivity index is 2.57. The first-order valence-electron chi connectivity index (χ1n) is 8.13. The lowest BCUT2D eigenvalue weighted by Gasteiger charge is -2.11. The van der Waals surface area contributed by atoms with Gasteiger partial charge in [-0.15, -0.1) is 0 Å². The average Bonchev–Trinajstić information content (AvgIpc) is 3.00. The molecule has 0 saturated carbocycles. The minimum Gasteiger partial charge on any atom is -0.507 e. The Labute approximate surface area is 147 Å². The van der Waals surface area contributed by atoms with E-state index in [1.807, 2.05) is 45.9 Å². The summed E-state index contributed by atoms with van der Waals surface area (Å²) in [5, 5.41) is 14.5. The lowest BCUT2D eigenvalue weighted by molar-refractivity contribution is 0.101. The molecule has 132 valence electrons. The fourth-order valence-electron chi connectivity index (χ4n) is 2.38. The van der Waals surface area contributed by atoms with E-state index < -0.39 is 0 Å². The van der Waals surface area contributed by atoms with Crippen LogP contribution in [0.25, 0.3) is 11.4 Å². The van der Waals surface area contributed by atoms with Crippen LogP contribution in [0.15, 0.2) is 41.8 Å². The van der Waals surface area contributed by atoms with Crippen molar-refractivity contribution in [1.29, 1.82) is 0 Å². The van der Waals surface area contributed by atoms with E-state index in [4.69, 9.17) is 4.74 Å². The van der Waals surface area contributed by atoms with E-state index in [2.05, 4.69) is 10.1 Å². The Kier molecular flexibility index (Phi) is 5.75. The quantitative estimate of drug-likeness (QED) is 0.486. The van der Waals surface area contributed by atoms with Gasteiger partial charge in [-0.05, 0) is 52.3 Å². The predicted octanol–water partition coefficient (Wildman–Crippen LogP) is 4.12. The summed E-state index contributed by atoms with van der Waals surface area (Å²) in [7, 11) is 0. The number of aliphatic hydroxyl groups excluding tert-OH is 1. The molecule has 1 N–H and O–H groups in total. The summed E-state index contributed by atoms with van der Waals surface area (Å²) in [6.45, 7) is 9.24. The lowest BCUT2D eigenvalue weighted by Crippen LogP contribution is -2.07. The predicted molar refractivity (Wildman–Crippen MR) is 97.2 cm³/mol. The van der Waals surface area contributed by atoms with Crippen molar-refractivity contribution in [3.63, 3.8) is 0 Å². The summed E-state index contributed by atoms with van der Waals surface area (Å²) in [6.07, 6.45) is 3.29. The van der Waals surface area contributed by atoms with Crippen molar-refractivity contribution in [2.75, 3.05) is 6.61 Å². The third kappa shape index (κ3) is 3.79. The van der Waals surface area contributed by atoms with Gasteiger partial charge < -0.3 is 9.84 Å². The third-order valence-electron chi connectivity index (χ3n) is 3.63. The van der Waals surface area contributed by atoms with E-state index >= 15 is 0 Å². The molecule has 6 nitrogen and oxygen atoms in total. The molecule has 0 bridgehead atoms. The van der Waals surface area contributed by atoms with Crippen LogP contribution >= 0.6 is 0 Å². The van der Waals surface area contributed by atoms with Crippen LogP contribution in [0.1, 0.15) is 50.7 Å². The molecular weight excluding hydrogens is 318 g/mol. The Morgan fingerprint density at radius 3 is 2.60 bits per heavy atom. The second-order valence-corrected chi connectivity index (χ2v) is 5.70. The standard InChI is InChI=1S/C19H23N3O3/c1-6-14(18(24)12(3)4)16-9-8-10-17(21-16)22-19(25-7-2)15(11-20-22)13(5)23/h6,8-11,24H,7H2,1-5H3/b14-6-. The number of aromatic nitrogens is 3. The first kappa shape index (κ1) is 18.4. The molecule has 2 rings (SSSR count). The van der Waals surface area contributed by atoms with Gasteiger partial charge >= 0.3 is 0 Å². The van der Waals surface area contributed by atoms with Gasteiger partial charge in [-0.3, -0.25) is 4.79 Å². The fraction of sp³-hybridized carbons (Fsp3) is 0.316. The van der Waals surface area contributed by atoms with Gasteiger partial charge in [0.05, 0.1) is 24.1 Å². The Bertz CT molecular complexity index is 843. The molecule has 0 aliphatic rings. The van der Waals surface area contributed by atoms with Crippen molar-refractivity contribution in [3.05, 3.63) is 53.1 Å². The highest BCUT2D eigenvalue weighted by atomic mass is 16.5. The van der Waals surface area contributed by atoms with Crippen LogP contribution in [-0.4, -0.2) is 32.3 Å². The molecule has 0 amide bonds. The van der Waals surface area contributed by atoms with Gasteiger partial charge in [-0.2, -0.15) is 9.78 Å². The molecule has 25 heavy (non-hydrogen) atoms. The molecule has 0 aliphatic heterocycles. The molecule has 6 heteroatoms. The maximum absolute atomic E-state index is 11.8. The number of carbonyl (C=O) groups is 1. The van der Waals surface area contributed by atoms with Gasteiger partial charge in [-0.1, -0.05) is 12.1 Å². The molecule has 0 fully saturated rings. The molecule has 0 radical (unpaired) electrons. The zero-order valence-corrected chi connectivity index (χ0v) is 15.2. The maximum Gasteiger partial charge on any atom is 0.229 e. The second kappa shape index (κ2) is 7.79. The monoisotopic (exact) mass is 341 g/mol. The summed E-state index contributed by atoms with van der Waals surface area (Å²) in [4.78, 5) is 16.3. The van der Waals surface area contributed by atoms with Crippen LogP contribution in [0.2, 0.25) is 0 Å². The van der Waals surface area contributed by atoms with Crippen molar-refractivity contribution in [3.8, 4) is 11.7 Å². The van der Waals surface area contributed by atoms with Crippen LogP contribution in [0.4, 0.5) is 0 Å². The second-order valence-electron chi connectivity index (χ2n) is 5.70. The van der Waals surface area contributed by atoms with Crippen molar-refractivity contribution >= 4 is 11.4 Å². The summed E-state index contributed by atoms with van der Waals surface area (Å²) in [5.41, 5.74) is 2.46. The Morgan fingerprint density at radius 1 is 1.32 bits per heavy atom. The minimum atomic E-state index is -0.123. The van der Waals surface area contributed by atoms with Crippen molar-refractivity contribution in [1.82, 2.24) is 14.8 Å². The first-order chi connectivity index (χ1) is 11.9. The van der Waals surface area contributed by atoms with E-state index in [0.29, 0.717) is 35.1 Å². The van der Waals surface area contributed by atoms with Crippen LogP contribution in [0.5, 0.6) is 5.88 Å². The van der Waals surface area contributed by atoms with Crippen LogP contribution < -0.4 is 4.74 Å². The molecule has 2 aromatic heterocycles. The number of nitrogens with zero attached hydrogens (tertiary/aromatic N) is 3. The molecule has 0 aliphatic carbocycles. The van der Waals surface area contributed by atoms with Crippen LogP contribution in [0.3, 0.4) is 0 Å². The average molecular weight is 341 g/mol. The largest absolute Gasteiger partial charge is 0.507 e. The van der Waals surface area contributed by atoms with Gasteiger partial charge in [0.2, 0.25) is 5.88 Å². The lowest BCUT2D eigenvalue weighted by atomic mass is 10.1. The zero-order valence-electron chi connectivity index (χ0n) is 15.2. The summed E-state index contributed by atoms with van der Waals surface area (Å²) < 4.78 is 7.10. The van der Waals surface area contributed by atoms with Gasteiger partial charge in [0.25, 0.3) is 0 Å². The summed E-state index contributed by atoms with van der Waals surface area (Å²) >= 11 is 0. The number of rotatable bonds is 6. The number of allylic oxidation sites excluding steroid dienone is 3. The molecule has 0 atom stereocenters. The molecule has 2 heterocycles. The van der Waals surface area contributed by atoms with Crippen molar-refractivity contribution < 1.29 is 14.6 Å². The highest BCUT2D eigenvalue weighted by Gasteiger charge is 2.18. The van der Waals surface area contributed by atoms with Gasteiger partial charge in [-0.25, -0.2) is 4.98 Å². The smallest absolute Gasteiger partial charge is 0.229 e. The first-order valence-corrected chi connectivity index (χ1v) is 8.13. The normalized spacial score (nSPS) is 11.3. The molecular formula is C19H23N3O3. The third-order valence-corrected chi connectivity index (χ3v) is 3.63. The molecule has 2 aromatic rings. The highest BCUT2D eigenvalue weighted by molar-refractivity contribution is 5.96.